The second kappa shape index (κ2) is 3.30. The first-order valence-corrected chi connectivity index (χ1v) is 5.35. The smallest absolute Gasteiger partial charge is 0.102 e. The van der Waals surface area contributed by atoms with Crippen molar-refractivity contribution in [1.82, 2.24) is 0 Å². The second-order valence-corrected chi connectivity index (χ2v) is 4.42. The van der Waals surface area contributed by atoms with Crippen molar-refractivity contribution in [2.45, 2.75) is 24.2 Å². The summed E-state index contributed by atoms with van der Waals surface area (Å²) in [7, 11) is 0. The lowest BCUT2D eigenvalue weighted by Crippen LogP contribution is -2.52. The van der Waals surface area contributed by atoms with E-state index in [1.165, 1.54) is 5.56 Å². The molecule has 1 aromatic rings. The molecule has 2 saturated heterocycles. The summed E-state index contributed by atoms with van der Waals surface area (Å²) in [6.07, 6.45) is 1.21. The number of benzene rings is 1. The fourth-order valence-electron chi connectivity index (χ4n) is 2.10. The minimum atomic E-state index is -0.318. The Morgan fingerprint density at radius 2 is 1.67 bits per heavy atom. The van der Waals surface area contributed by atoms with E-state index in [2.05, 4.69) is 12.1 Å². The molecule has 3 rings (SSSR count). The Labute approximate surface area is 89.2 Å². The Bertz CT molecular complexity index is 332. The maximum atomic E-state index is 6.39. The van der Waals surface area contributed by atoms with E-state index in [-0.39, 0.29) is 17.7 Å². The van der Waals surface area contributed by atoms with E-state index in [9.17, 15) is 0 Å². The Morgan fingerprint density at radius 3 is 2.13 bits per heavy atom. The van der Waals surface area contributed by atoms with Crippen LogP contribution in [-0.4, -0.2) is 31.0 Å². The molecular formula is C12H15NO2. The average Bonchev–Trinajstić information content (AvgIpc) is 3.09. The zero-order chi connectivity index (χ0) is 10.3. The number of ether oxygens (including phenoxy) is 2. The van der Waals surface area contributed by atoms with Crippen LogP contribution in [0.1, 0.15) is 5.56 Å². The molecule has 3 heteroatoms. The van der Waals surface area contributed by atoms with Crippen LogP contribution in [0.3, 0.4) is 0 Å². The van der Waals surface area contributed by atoms with Crippen LogP contribution >= 0.6 is 0 Å². The molecule has 2 aliphatic rings. The van der Waals surface area contributed by atoms with Gasteiger partial charge in [0.1, 0.15) is 12.2 Å². The molecule has 80 valence electrons. The zero-order valence-electron chi connectivity index (χ0n) is 8.56. The highest BCUT2D eigenvalue weighted by Crippen LogP contribution is 2.35. The fourth-order valence-corrected chi connectivity index (χ4v) is 2.10. The molecule has 0 radical (unpaired) electrons. The van der Waals surface area contributed by atoms with Gasteiger partial charge in [-0.15, -0.1) is 0 Å². The van der Waals surface area contributed by atoms with Crippen LogP contribution in [0.2, 0.25) is 0 Å². The highest BCUT2D eigenvalue weighted by atomic mass is 16.6. The van der Waals surface area contributed by atoms with Gasteiger partial charge in [-0.1, -0.05) is 30.3 Å². The molecule has 1 aromatic carbocycles. The molecule has 2 aliphatic heterocycles. The standard InChI is InChI=1S/C12H15NO2/c13-12(10-7-14-10,11-8-15-11)6-9-4-2-1-3-5-9/h1-5,10-11H,6-8,13H2. The lowest BCUT2D eigenvalue weighted by Gasteiger charge is -2.25. The van der Waals surface area contributed by atoms with Gasteiger partial charge in [0.15, 0.2) is 0 Å². The van der Waals surface area contributed by atoms with E-state index >= 15 is 0 Å². The molecule has 2 fully saturated rings. The molecule has 0 amide bonds. The molecule has 2 atom stereocenters. The van der Waals surface area contributed by atoms with Gasteiger partial charge in [0.25, 0.3) is 0 Å². The number of nitrogens with two attached hydrogens (primary N) is 1. The van der Waals surface area contributed by atoms with Gasteiger partial charge in [-0.25, -0.2) is 0 Å². The minimum Gasteiger partial charge on any atom is -0.371 e. The van der Waals surface area contributed by atoms with Gasteiger partial charge >= 0.3 is 0 Å². The van der Waals surface area contributed by atoms with Gasteiger partial charge in [-0.2, -0.15) is 0 Å². The quantitative estimate of drug-likeness (QED) is 0.737. The molecular weight excluding hydrogens is 190 g/mol. The van der Waals surface area contributed by atoms with E-state index in [4.69, 9.17) is 15.2 Å². The molecule has 0 aromatic heterocycles. The second-order valence-electron chi connectivity index (χ2n) is 4.42. The molecule has 2 heterocycles. The maximum absolute atomic E-state index is 6.39. The van der Waals surface area contributed by atoms with Crippen LogP contribution in [0.5, 0.6) is 0 Å². The normalized spacial score (nSPS) is 32.1. The predicted molar refractivity (Wildman–Crippen MR) is 56.5 cm³/mol. The Kier molecular flexibility index (Phi) is 2.06. The summed E-state index contributed by atoms with van der Waals surface area (Å²) in [5.41, 5.74) is 7.33. The first-order valence-electron chi connectivity index (χ1n) is 5.35. The summed E-state index contributed by atoms with van der Waals surface area (Å²) in [6.45, 7) is 1.56. The van der Waals surface area contributed by atoms with E-state index < -0.39 is 0 Å². The molecule has 0 bridgehead atoms. The summed E-state index contributed by atoms with van der Waals surface area (Å²) < 4.78 is 10.7. The van der Waals surface area contributed by atoms with Crippen molar-refractivity contribution in [2.75, 3.05) is 13.2 Å². The van der Waals surface area contributed by atoms with Crippen molar-refractivity contribution in [3.05, 3.63) is 35.9 Å². The van der Waals surface area contributed by atoms with Gasteiger partial charge in [0, 0.05) is 0 Å². The summed E-state index contributed by atoms with van der Waals surface area (Å²) in [4.78, 5) is 0. The minimum absolute atomic E-state index is 0.185. The van der Waals surface area contributed by atoms with E-state index in [1.54, 1.807) is 0 Å². The van der Waals surface area contributed by atoms with E-state index in [0.717, 1.165) is 19.6 Å². The first-order chi connectivity index (χ1) is 7.29. The topological polar surface area (TPSA) is 51.1 Å². The maximum Gasteiger partial charge on any atom is 0.102 e. The molecule has 2 unspecified atom stereocenters. The van der Waals surface area contributed by atoms with Crippen molar-refractivity contribution in [3.63, 3.8) is 0 Å². The van der Waals surface area contributed by atoms with Crippen molar-refractivity contribution >= 4 is 0 Å². The third-order valence-corrected chi connectivity index (χ3v) is 3.22. The molecule has 2 N–H and O–H groups in total. The number of epoxide rings is 2. The average molecular weight is 205 g/mol. The number of hydrogen-bond acceptors (Lipinski definition) is 3. The summed E-state index contributed by atoms with van der Waals surface area (Å²) in [6, 6.07) is 10.3. The van der Waals surface area contributed by atoms with Crippen LogP contribution in [0, 0.1) is 0 Å². The van der Waals surface area contributed by atoms with Gasteiger partial charge in [0.2, 0.25) is 0 Å². The van der Waals surface area contributed by atoms with Crippen molar-refractivity contribution < 1.29 is 9.47 Å². The van der Waals surface area contributed by atoms with E-state index in [1.807, 2.05) is 18.2 Å². The fraction of sp³-hybridized carbons (Fsp3) is 0.500. The van der Waals surface area contributed by atoms with E-state index in [0.29, 0.717) is 0 Å². The molecule has 0 saturated carbocycles. The molecule has 0 spiro atoms. The zero-order valence-corrected chi connectivity index (χ0v) is 8.56. The highest BCUT2D eigenvalue weighted by Gasteiger charge is 2.54. The highest BCUT2D eigenvalue weighted by molar-refractivity contribution is 5.22. The van der Waals surface area contributed by atoms with Gasteiger partial charge in [-0.3, -0.25) is 0 Å². The van der Waals surface area contributed by atoms with Crippen LogP contribution in [0.4, 0.5) is 0 Å². The predicted octanol–water partition coefficient (Wildman–Crippen LogP) is 0.724. The Hall–Kier alpha value is -0.900. The monoisotopic (exact) mass is 205 g/mol. The van der Waals surface area contributed by atoms with Gasteiger partial charge < -0.3 is 15.2 Å². The third kappa shape index (κ3) is 1.78. The van der Waals surface area contributed by atoms with Crippen LogP contribution < -0.4 is 5.73 Å². The van der Waals surface area contributed by atoms with Gasteiger partial charge in [0.05, 0.1) is 18.8 Å². The number of hydrogen-bond donors (Lipinski definition) is 1. The van der Waals surface area contributed by atoms with Crippen LogP contribution in [0.25, 0.3) is 0 Å². The van der Waals surface area contributed by atoms with Gasteiger partial charge in [-0.05, 0) is 12.0 Å². The van der Waals surface area contributed by atoms with Crippen LogP contribution in [0.15, 0.2) is 30.3 Å². The van der Waals surface area contributed by atoms with Crippen molar-refractivity contribution in [3.8, 4) is 0 Å². The van der Waals surface area contributed by atoms with Crippen molar-refractivity contribution in [1.29, 1.82) is 0 Å². The summed E-state index contributed by atoms with van der Waals surface area (Å²) in [5, 5.41) is 0. The Morgan fingerprint density at radius 1 is 1.13 bits per heavy atom. The molecule has 0 aliphatic carbocycles. The molecule has 3 nitrogen and oxygen atoms in total. The van der Waals surface area contributed by atoms with Crippen LogP contribution in [-0.2, 0) is 15.9 Å². The summed E-state index contributed by atoms with van der Waals surface area (Å²) >= 11 is 0. The summed E-state index contributed by atoms with van der Waals surface area (Å²) in [5.74, 6) is 0. The Balaban J connectivity index is 1.79. The third-order valence-electron chi connectivity index (χ3n) is 3.22. The first kappa shape index (κ1) is 9.33. The lowest BCUT2D eigenvalue weighted by atomic mass is 9.86. The largest absolute Gasteiger partial charge is 0.371 e. The lowest BCUT2D eigenvalue weighted by molar-refractivity contribution is 0.222. The SMILES string of the molecule is NC(Cc1ccccc1)(C1CO1)C1CO1. The van der Waals surface area contributed by atoms with Crippen molar-refractivity contribution in [2.24, 2.45) is 5.73 Å². The molecule has 15 heavy (non-hydrogen) atoms. The number of rotatable bonds is 4.